The summed E-state index contributed by atoms with van der Waals surface area (Å²) in [5, 5.41) is 0. The summed E-state index contributed by atoms with van der Waals surface area (Å²) in [5.41, 5.74) is 1.97. The van der Waals surface area contributed by atoms with E-state index in [-0.39, 0.29) is 5.91 Å². The number of likely N-dealkylation sites (tertiary alicyclic amines) is 1. The van der Waals surface area contributed by atoms with Crippen molar-refractivity contribution in [3.05, 3.63) is 35.4 Å². The Balaban J connectivity index is 1.49. The maximum Gasteiger partial charge on any atom is 0.253 e. The van der Waals surface area contributed by atoms with Gasteiger partial charge in [0.05, 0.1) is 13.2 Å². The topological polar surface area (TPSA) is 32.8 Å². The van der Waals surface area contributed by atoms with Crippen molar-refractivity contribution in [1.29, 1.82) is 0 Å². The van der Waals surface area contributed by atoms with Crippen molar-refractivity contribution in [3.8, 4) is 0 Å². The number of ether oxygens (including phenoxy) is 1. The lowest BCUT2D eigenvalue weighted by atomic mass is 9.95. The van der Waals surface area contributed by atoms with Crippen LogP contribution in [0.2, 0.25) is 0 Å². The smallest absolute Gasteiger partial charge is 0.253 e. The molecule has 2 heterocycles. The van der Waals surface area contributed by atoms with Crippen molar-refractivity contribution in [2.45, 2.75) is 19.8 Å². The van der Waals surface area contributed by atoms with Crippen molar-refractivity contribution in [1.82, 2.24) is 9.80 Å². The molecule has 0 saturated carbocycles. The highest BCUT2D eigenvalue weighted by atomic mass is 16.5. The van der Waals surface area contributed by atoms with Crippen LogP contribution in [0.1, 0.15) is 28.8 Å². The fraction of sp³-hybridized carbons (Fsp3) is 0.611. The van der Waals surface area contributed by atoms with E-state index in [1.807, 2.05) is 36.1 Å². The fourth-order valence-electron chi connectivity index (χ4n) is 3.43. The average molecular weight is 302 g/mol. The standard InChI is InChI=1S/C18H26N2O2/c1-15-3-2-4-17(13-15)18(21)20-7-5-16(6-8-20)14-19-9-11-22-12-10-19/h2-4,13,16H,5-12,14H2,1H3. The summed E-state index contributed by atoms with van der Waals surface area (Å²) in [6, 6.07) is 7.91. The van der Waals surface area contributed by atoms with Gasteiger partial charge in [-0.05, 0) is 37.8 Å². The molecule has 2 aliphatic heterocycles. The number of carbonyl (C=O) groups is 1. The van der Waals surface area contributed by atoms with Gasteiger partial charge in [0.15, 0.2) is 0 Å². The van der Waals surface area contributed by atoms with E-state index in [0.717, 1.165) is 75.8 Å². The number of benzene rings is 1. The van der Waals surface area contributed by atoms with Crippen LogP contribution >= 0.6 is 0 Å². The maximum absolute atomic E-state index is 12.5. The second-order valence-corrected chi connectivity index (χ2v) is 6.52. The zero-order valence-electron chi connectivity index (χ0n) is 13.5. The van der Waals surface area contributed by atoms with Crippen LogP contribution in [0.3, 0.4) is 0 Å². The average Bonchev–Trinajstić information content (AvgIpc) is 2.56. The monoisotopic (exact) mass is 302 g/mol. The van der Waals surface area contributed by atoms with Crippen molar-refractivity contribution in [2.24, 2.45) is 5.92 Å². The van der Waals surface area contributed by atoms with E-state index in [4.69, 9.17) is 4.74 Å². The van der Waals surface area contributed by atoms with E-state index in [1.165, 1.54) is 0 Å². The van der Waals surface area contributed by atoms with E-state index in [2.05, 4.69) is 4.90 Å². The lowest BCUT2D eigenvalue weighted by Gasteiger charge is -2.36. The van der Waals surface area contributed by atoms with Gasteiger partial charge in [0.2, 0.25) is 0 Å². The van der Waals surface area contributed by atoms with E-state index < -0.39 is 0 Å². The van der Waals surface area contributed by atoms with Crippen LogP contribution < -0.4 is 0 Å². The number of carbonyl (C=O) groups excluding carboxylic acids is 1. The fourth-order valence-corrected chi connectivity index (χ4v) is 3.43. The summed E-state index contributed by atoms with van der Waals surface area (Å²) in [6.07, 6.45) is 2.24. The summed E-state index contributed by atoms with van der Waals surface area (Å²) in [6.45, 7) is 8.82. The molecule has 0 aliphatic carbocycles. The molecule has 1 amide bonds. The van der Waals surface area contributed by atoms with Crippen LogP contribution in [0.25, 0.3) is 0 Å². The Bertz CT molecular complexity index is 504. The first kappa shape index (κ1) is 15.5. The third kappa shape index (κ3) is 3.87. The van der Waals surface area contributed by atoms with Crippen LogP contribution in [0.15, 0.2) is 24.3 Å². The molecule has 2 aliphatic rings. The van der Waals surface area contributed by atoms with Crippen LogP contribution in [-0.2, 0) is 4.74 Å². The van der Waals surface area contributed by atoms with Gasteiger partial charge in [-0.3, -0.25) is 9.69 Å². The van der Waals surface area contributed by atoms with E-state index in [0.29, 0.717) is 0 Å². The molecule has 1 aromatic rings. The molecular formula is C18H26N2O2. The molecule has 0 spiro atoms. The lowest BCUT2D eigenvalue weighted by molar-refractivity contribution is 0.0243. The Labute approximate surface area is 133 Å². The quantitative estimate of drug-likeness (QED) is 0.858. The first-order valence-electron chi connectivity index (χ1n) is 8.38. The highest BCUT2D eigenvalue weighted by Gasteiger charge is 2.25. The SMILES string of the molecule is Cc1cccc(C(=O)N2CCC(CN3CCOCC3)CC2)c1. The molecule has 0 atom stereocenters. The van der Waals surface area contributed by atoms with Gasteiger partial charge in [0.1, 0.15) is 0 Å². The minimum absolute atomic E-state index is 0.188. The third-order valence-corrected chi connectivity index (χ3v) is 4.79. The number of hydrogen-bond acceptors (Lipinski definition) is 3. The molecule has 0 bridgehead atoms. The van der Waals surface area contributed by atoms with Gasteiger partial charge in [-0.1, -0.05) is 17.7 Å². The summed E-state index contributed by atoms with van der Waals surface area (Å²) in [4.78, 5) is 17.1. The van der Waals surface area contributed by atoms with Gasteiger partial charge < -0.3 is 9.64 Å². The number of hydrogen-bond donors (Lipinski definition) is 0. The Kier molecular flexibility index (Phi) is 5.11. The highest BCUT2D eigenvalue weighted by molar-refractivity contribution is 5.94. The summed E-state index contributed by atoms with van der Waals surface area (Å²) < 4.78 is 5.40. The number of piperidine rings is 1. The summed E-state index contributed by atoms with van der Waals surface area (Å²) in [5.74, 6) is 0.910. The number of nitrogens with zero attached hydrogens (tertiary/aromatic N) is 2. The Hall–Kier alpha value is -1.39. The Morgan fingerprint density at radius 2 is 1.91 bits per heavy atom. The van der Waals surface area contributed by atoms with E-state index in [1.54, 1.807) is 0 Å². The Morgan fingerprint density at radius 3 is 2.59 bits per heavy atom. The first-order valence-corrected chi connectivity index (χ1v) is 8.38. The molecule has 1 aromatic carbocycles. The molecule has 4 heteroatoms. The molecule has 0 unspecified atom stereocenters. The third-order valence-electron chi connectivity index (χ3n) is 4.79. The van der Waals surface area contributed by atoms with E-state index in [9.17, 15) is 4.79 Å². The second-order valence-electron chi connectivity index (χ2n) is 6.52. The minimum atomic E-state index is 0.188. The van der Waals surface area contributed by atoms with Crippen molar-refractivity contribution >= 4 is 5.91 Å². The van der Waals surface area contributed by atoms with Crippen LogP contribution in [0, 0.1) is 12.8 Å². The molecule has 4 nitrogen and oxygen atoms in total. The van der Waals surface area contributed by atoms with Gasteiger partial charge in [-0.2, -0.15) is 0 Å². The lowest BCUT2D eigenvalue weighted by Crippen LogP contribution is -2.44. The molecule has 0 radical (unpaired) electrons. The zero-order chi connectivity index (χ0) is 15.4. The number of morpholine rings is 1. The van der Waals surface area contributed by atoms with Gasteiger partial charge >= 0.3 is 0 Å². The van der Waals surface area contributed by atoms with E-state index >= 15 is 0 Å². The predicted octanol–water partition coefficient (Wildman–Crippen LogP) is 2.18. The second kappa shape index (κ2) is 7.25. The van der Waals surface area contributed by atoms with Gasteiger partial charge in [-0.25, -0.2) is 0 Å². The number of rotatable bonds is 3. The van der Waals surface area contributed by atoms with Crippen LogP contribution in [-0.4, -0.2) is 61.6 Å². The van der Waals surface area contributed by atoms with Crippen molar-refractivity contribution < 1.29 is 9.53 Å². The number of amides is 1. The summed E-state index contributed by atoms with van der Waals surface area (Å²) in [7, 11) is 0. The van der Waals surface area contributed by atoms with Gasteiger partial charge in [0, 0.05) is 38.3 Å². The summed E-state index contributed by atoms with van der Waals surface area (Å²) >= 11 is 0. The molecular weight excluding hydrogens is 276 g/mol. The molecule has 120 valence electrons. The van der Waals surface area contributed by atoms with Gasteiger partial charge in [0.25, 0.3) is 5.91 Å². The zero-order valence-corrected chi connectivity index (χ0v) is 13.5. The molecule has 2 fully saturated rings. The maximum atomic E-state index is 12.5. The molecule has 3 rings (SSSR count). The molecule has 0 aromatic heterocycles. The molecule has 22 heavy (non-hydrogen) atoms. The van der Waals surface area contributed by atoms with Crippen molar-refractivity contribution in [3.63, 3.8) is 0 Å². The normalized spacial score (nSPS) is 21.0. The highest BCUT2D eigenvalue weighted by Crippen LogP contribution is 2.21. The first-order chi connectivity index (χ1) is 10.7. The number of aryl methyl sites for hydroxylation is 1. The minimum Gasteiger partial charge on any atom is -0.379 e. The molecule has 2 saturated heterocycles. The van der Waals surface area contributed by atoms with Crippen molar-refractivity contribution in [2.75, 3.05) is 45.9 Å². The Morgan fingerprint density at radius 1 is 1.18 bits per heavy atom. The largest absolute Gasteiger partial charge is 0.379 e. The van der Waals surface area contributed by atoms with Crippen LogP contribution in [0.5, 0.6) is 0 Å². The van der Waals surface area contributed by atoms with Gasteiger partial charge in [-0.15, -0.1) is 0 Å². The molecule has 0 N–H and O–H groups in total. The predicted molar refractivity (Wildman–Crippen MR) is 87.1 cm³/mol. The van der Waals surface area contributed by atoms with Crippen LogP contribution in [0.4, 0.5) is 0 Å².